The summed E-state index contributed by atoms with van der Waals surface area (Å²) < 4.78 is 0. The maximum Gasteiger partial charge on any atom is -0.0412 e. The van der Waals surface area contributed by atoms with E-state index in [4.69, 9.17) is 0 Å². The van der Waals surface area contributed by atoms with Crippen LogP contribution in [0.5, 0.6) is 0 Å². The van der Waals surface area contributed by atoms with Crippen LogP contribution in [-0.2, 0) is 0 Å². The molecule has 0 spiro atoms. The van der Waals surface area contributed by atoms with Crippen LogP contribution in [0.15, 0.2) is 0 Å². The molecule has 0 radical (unpaired) electrons. The standard InChI is InChI=1S/2C10H20.C2H6/c2*1-9(2)8-10-6-4-3-5-7-10;1-2/h2*9-10H,3-8H2,1-2H3;1-2H3. The van der Waals surface area contributed by atoms with Gasteiger partial charge in [-0.1, -0.05) is 106 Å². The highest BCUT2D eigenvalue weighted by Gasteiger charge is 2.14. The zero-order chi connectivity index (χ0) is 16.8. The van der Waals surface area contributed by atoms with Crippen LogP contribution in [0.1, 0.15) is 119 Å². The Morgan fingerprint density at radius 2 is 0.818 bits per heavy atom. The third kappa shape index (κ3) is 12.5. The smallest absolute Gasteiger partial charge is 0.0412 e. The molecule has 0 amide bonds. The summed E-state index contributed by atoms with van der Waals surface area (Å²) in [6.45, 7) is 13.4. The minimum absolute atomic E-state index is 0.920. The van der Waals surface area contributed by atoms with Crippen LogP contribution < -0.4 is 0 Å². The largest absolute Gasteiger partial charge is 0.0683 e. The average molecular weight is 311 g/mol. The van der Waals surface area contributed by atoms with Crippen molar-refractivity contribution in [1.82, 2.24) is 0 Å². The molecule has 2 aliphatic rings. The predicted octanol–water partition coefficient (Wildman–Crippen LogP) is 8.25. The number of hydrogen-bond donors (Lipinski definition) is 0. The summed E-state index contributed by atoms with van der Waals surface area (Å²) in [6.07, 6.45) is 18.0. The molecule has 0 heterocycles. The molecular weight excluding hydrogens is 264 g/mol. The lowest BCUT2D eigenvalue weighted by molar-refractivity contribution is 0.305. The van der Waals surface area contributed by atoms with E-state index in [-0.39, 0.29) is 0 Å². The number of rotatable bonds is 4. The highest BCUT2D eigenvalue weighted by molar-refractivity contribution is 4.67. The zero-order valence-electron chi connectivity index (χ0n) is 16.8. The minimum Gasteiger partial charge on any atom is -0.0683 e. The molecule has 2 aliphatic carbocycles. The van der Waals surface area contributed by atoms with Crippen LogP contribution in [0.3, 0.4) is 0 Å². The molecule has 0 atom stereocenters. The Hall–Kier alpha value is 0. The highest BCUT2D eigenvalue weighted by Crippen LogP contribution is 2.29. The van der Waals surface area contributed by atoms with Gasteiger partial charge >= 0.3 is 0 Å². The summed E-state index contributed by atoms with van der Waals surface area (Å²) in [5, 5.41) is 0. The third-order valence-electron chi connectivity index (χ3n) is 5.06. The maximum atomic E-state index is 2.34. The van der Waals surface area contributed by atoms with Crippen LogP contribution in [0.25, 0.3) is 0 Å². The van der Waals surface area contributed by atoms with Crippen molar-refractivity contribution >= 4 is 0 Å². The summed E-state index contributed by atoms with van der Waals surface area (Å²) in [5.41, 5.74) is 0. The van der Waals surface area contributed by atoms with Crippen molar-refractivity contribution < 1.29 is 0 Å². The Morgan fingerprint density at radius 1 is 0.545 bits per heavy atom. The lowest BCUT2D eigenvalue weighted by Gasteiger charge is -2.22. The Morgan fingerprint density at radius 3 is 1.05 bits per heavy atom. The molecule has 0 aromatic heterocycles. The Bertz CT molecular complexity index is 180. The Labute approximate surface area is 142 Å². The first-order valence-electron chi connectivity index (χ1n) is 10.6. The summed E-state index contributed by atoms with van der Waals surface area (Å²) in [4.78, 5) is 0. The van der Waals surface area contributed by atoms with Crippen LogP contribution in [0.2, 0.25) is 0 Å². The van der Waals surface area contributed by atoms with E-state index in [1.165, 1.54) is 77.0 Å². The normalized spacial score (nSPS) is 20.2. The van der Waals surface area contributed by atoms with Crippen molar-refractivity contribution in [2.45, 2.75) is 119 Å². The van der Waals surface area contributed by atoms with E-state index in [1.54, 1.807) is 0 Å². The summed E-state index contributed by atoms with van der Waals surface area (Å²) >= 11 is 0. The molecular formula is C22H46. The fourth-order valence-corrected chi connectivity index (χ4v) is 4.18. The second kappa shape index (κ2) is 14.6. The van der Waals surface area contributed by atoms with Gasteiger partial charge in [0.15, 0.2) is 0 Å². The molecule has 0 aromatic carbocycles. The molecule has 0 saturated heterocycles. The lowest BCUT2D eigenvalue weighted by atomic mass is 9.84. The predicted molar refractivity (Wildman–Crippen MR) is 103 cm³/mol. The molecule has 2 saturated carbocycles. The van der Waals surface area contributed by atoms with Crippen molar-refractivity contribution in [1.29, 1.82) is 0 Å². The molecule has 0 aliphatic heterocycles. The first kappa shape index (κ1) is 22.0. The molecule has 0 nitrogen and oxygen atoms in total. The quantitative estimate of drug-likeness (QED) is 0.490. The van der Waals surface area contributed by atoms with E-state index >= 15 is 0 Å². The molecule has 2 fully saturated rings. The van der Waals surface area contributed by atoms with Gasteiger partial charge in [-0.05, 0) is 36.5 Å². The van der Waals surface area contributed by atoms with E-state index in [0.29, 0.717) is 0 Å². The van der Waals surface area contributed by atoms with E-state index in [2.05, 4.69) is 27.7 Å². The number of hydrogen-bond acceptors (Lipinski definition) is 0. The van der Waals surface area contributed by atoms with Gasteiger partial charge in [0, 0.05) is 0 Å². The highest BCUT2D eigenvalue weighted by atomic mass is 14.2. The van der Waals surface area contributed by atoms with Gasteiger partial charge in [-0.2, -0.15) is 0 Å². The van der Waals surface area contributed by atoms with Crippen molar-refractivity contribution in [3.05, 3.63) is 0 Å². The summed E-state index contributed by atoms with van der Waals surface area (Å²) in [7, 11) is 0. The minimum atomic E-state index is 0.920. The van der Waals surface area contributed by atoms with Gasteiger partial charge < -0.3 is 0 Å². The van der Waals surface area contributed by atoms with Crippen molar-refractivity contribution in [2.75, 3.05) is 0 Å². The summed E-state index contributed by atoms with van der Waals surface area (Å²) in [6, 6.07) is 0. The molecule has 2 rings (SSSR count). The zero-order valence-corrected chi connectivity index (χ0v) is 16.8. The van der Waals surface area contributed by atoms with Crippen LogP contribution in [0, 0.1) is 23.7 Å². The van der Waals surface area contributed by atoms with Gasteiger partial charge in [-0.25, -0.2) is 0 Å². The lowest BCUT2D eigenvalue weighted by Crippen LogP contribution is -2.08. The van der Waals surface area contributed by atoms with Gasteiger partial charge in [0.05, 0.1) is 0 Å². The molecule has 0 bridgehead atoms. The monoisotopic (exact) mass is 310 g/mol. The maximum absolute atomic E-state index is 2.34. The van der Waals surface area contributed by atoms with E-state index < -0.39 is 0 Å². The van der Waals surface area contributed by atoms with Crippen LogP contribution in [-0.4, -0.2) is 0 Å². The fraction of sp³-hybridized carbons (Fsp3) is 1.00. The third-order valence-corrected chi connectivity index (χ3v) is 5.06. The van der Waals surface area contributed by atoms with Gasteiger partial charge in [-0.3, -0.25) is 0 Å². The van der Waals surface area contributed by atoms with Crippen molar-refractivity contribution in [3.63, 3.8) is 0 Å². The SMILES string of the molecule is CC.CC(C)CC1CCCCC1.CC(C)CC1CCCCC1. The average Bonchev–Trinajstić information content (AvgIpc) is 2.51. The fourth-order valence-electron chi connectivity index (χ4n) is 4.18. The first-order valence-corrected chi connectivity index (χ1v) is 10.6. The molecule has 0 aromatic rings. The Kier molecular flexibility index (Phi) is 14.6. The second-order valence-corrected chi connectivity index (χ2v) is 8.27. The van der Waals surface area contributed by atoms with Crippen molar-refractivity contribution in [2.24, 2.45) is 23.7 Å². The molecule has 0 N–H and O–H groups in total. The van der Waals surface area contributed by atoms with E-state index in [9.17, 15) is 0 Å². The van der Waals surface area contributed by atoms with Gasteiger partial charge in [0.2, 0.25) is 0 Å². The van der Waals surface area contributed by atoms with Crippen molar-refractivity contribution in [3.8, 4) is 0 Å². The van der Waals surface area contributed by atoms with Gasteiger partial charge in [0.25, 0.3) is 0 Å². The first-order chi connectivity index (χ1) is 10.6. The van der Waals surface area contributed by atoms with E-state index in [0.717, 1.165) is 23.7 Å². The topological polar surface area (TPSA) is 0 Å². The van der Waals surface area contributed by atoms with Gasteiger partial charge in [-0.15, -0.1) is 0 Å². The molecule has 134 valence electrons. The van der Waals surface area contributed by atoms with Gasteiger partial charge in [0.1, 0.15) is 0 Å². The summed E-state index contributed by atoms with van der Waals surface area (Å²) in [5.74, 6) is 3.99. The Balaban J connectivity index is 0.000000360. The second-order valence-electron chi connectivity index (χ2n) is 8.27. The molecule has 0 heteroatoms. The molecule has 22 heavy (non-hydrogen) atoms. The van der Waals surface area contributed by atoms with Crippen LogP contribution in [0.4, 0.5) is 0 Å². The van der Waals surface area contributed by atoms with Crippen LogP contribution >= 0.6 is 0 Å². The van der Waals surface area contributed by atoms with E-state index in [1.807, 2.05) is 13.8 Å². The molecule has 0 unspecified atom stereocenters.